The van der Waals surface area contributed by atoms with Gasteiger partial charge in [-0.1, -0.05) is 0 Å². The van der Waals surface area contributed by atoms with Crippen molar-refractivity contribution in [1.82, 2.24) is 4.90 Å². The monoisotopic (exact) mass is 218 g/mol. The number of thioether (sulfide) groups is 1. The Hall–Kier alpha value is 0.270. The van der Waals surface area contributed by atoms with Gasteiger partial charge in [-0.15, -0.1) is 0 Å². The zero-order valence-corrected chi connectivity index (χ0v) is 11.2. The summed E-state index contributed by atoms with van der Waals surface area (Å²) in [5.74, 6) is 1.21. The van der Waals surface area contributed by atoms with Gasteiger partial charge < -0.3 is 10.6 Å². The summed E-state index contributed by atoms with van der Waals surface area (Å²) in [5, 5.41) is 0. The zero-order valence-electron chi connectivity index (χ0n) is 10.3. The molecule has 0 saturated carbocycles. The quantitative estimate of drug-likeness (QED) is 0.710. The van der Waals surface area contributed by atoms with Gasteiger partial charge in [-0.25, -0.2) is 0 Å². The molecule has 3 heteroatoms. The molecule has 0 amide bonds. The van der Waals surface area contributed by atoms with Gasteiger partial charge in [-0.3, -0.25) is 0 Å². The predicted molar refractivity (Wildman–Crippen MR) is 68.0 cm³/mol. The molecule has 0 aliphatic heterocycles. The highest BCUT2D eigenvalue weighted by Gasteiger charge is 2.12. The Bertz CT molecular complexity index is 143. The molecule has 0 rings (SSSR count). The highest BCUT2D eigenvalue weighted by molar-refractivity contribution is 7.98. The van der Waals surface area contributed by atoms with Crippen LogP contribution in [0.4, 0.5) is 0 Å². The van der Waals surface area contributed by atoms with Gasteiger partial charge in [0.1, 0.15) is 0 Å². The topological polar surface area (TPSA) is 29.3 Å². The van der Waals surface area contributed by atoms with Gasteiger partial charge in [0.15, 0.2) is 0 Å². The standard InChI is InChI=1S/C11H26N2S/c1-10(9-14-5)13(4)8-6-7-11(2,3)12/h10H,6-9,12H2,1-5H3. The summed E-state index contributed by atoms with van der Waals surface area (Å²) in [6.45, 7) is 7.63. The van der Waals surface area contributed by atoms with Crippen LogP contribution in [0.1, 0.15) is 33.6 Å². The minimum absolute atomic E-state index is 0.0103. The number of nitrogens with two attached hydrogens (primary N) is 1. The van der Waals surface area contributed by atoms with E-state index in [0.29, 0.717) is 6.04 Å². The van der Waals surface area contributed by atoms with Crippen molar-refractivity contribution in [2.45, 2.75) is 45.2 Å². The lowest BCUT2D eigenvalue weighted by molar-refractivity contribution is 0.262. The fourth-order valence-corrected chi connectivity index (χ4v) is 2.11. The van der Waals surface area contributed by atoms with Crippen LogP contribution in [0.5, 0.6) is 0 Å². The van der Waals surface area contributed by atoms with Crippen molar-refractivity contribution >= 4 is 11.8 Å². The summed E-state index contributed by atoms with van der Waals surface area (Å²) >= 11 is 1.91. The van der Waals surface area contributed by atoms with Crippen molar-refractivity contribution in [3.05, 3.63) is 0 Å². The van der Waals surface area contributed by atoms with Gasteiger partial charge in [-0.2, -0.15) is 11.8 Å². The van der Waals surface area contributed by atoms with Crippen molar-refractivity contribution in [1.29, 1.82) is 0 Å². The average Bonchev–Trinajstić information content (AvgIpc) is 2.02. The molecule has 0 aromatic carbocycles. The third-order valence-corrected chi connectivity index (χ3v) is 3.31. The van der Waals surface area contributed by atoms with E-state index in [-0.39, 0.29) is 5.54 Å². The Balaban J connectivity index is 3.58. The Labute approximate surface area is 93.6 Å². The first-order valence-electron chi connectivity index (χ1n) is 5.35. The molecule has 0 aliphatic rings. The fourth-order valence-electron chi connectivity index (χ4n) is 1.37. The van der Waals surface area contributed by atoms with E-state index < -0.39 is 0 Å². The zero-order chi connectivity index (χ0) is 11.2. The van der Waals surface area contributed by atoms with E-state index in [9.17, 15) is 0 Å². The van der Waals surface area contributed by atoms with Gasteiger partial charge in [0.2, 0.25) is 0 Å². The molecule has 86 valence electrons. The SMILES string of the molecule is CSCC(C)N(C)CCCC(C)(C)N. The fraction of sp³-hybridized carbons (Fsp3) is 1.00. The molecule has 1 unspecified atom stereocenters. The lowest BCUT2D eigenvalue weighted by Crippen LogP contribution is -2.35. The van der Waals surface area contributed by atoms with Crippen LogP contribution in [0.15, 0.2) is 0 Å². The van der Waals surface area contributed by atoms with E-state index in [2.05, 4.69) is 39.0 Å². The second-order valence-corrected chi connectivity index (χ2v) is 5.79. The maximum Gasteiger partial charge on any atom is 0.0154 e. The van der Waals surface area contributed by atoms with Crippen LogP contribution >= 0.6 is 11.8 Å². The molecule has 2 N–H and O–H groups in total. The van der Waals surface area contributed by atoms with Crippen LogP contribution in [-0.4, -0.2) is 42.1 Å². The molecule has 1 atom stereocenters. The average molecular weight is 218 g/mol. The van der Waals surface area contributed by atoms with E-state index in [0.717, 1.165) is 13.0 Å². The summed E-state index contributed by atoms with van der Waals surface area (Å²) in [6.07, 6.45) is 4.45. The maximum atomic E-state index is 5.93. The van der Waals surface area contributed by atoms with Gasteiger partial charge >= 0.3 is 0 Å². The summed E-state index contributed by atoms with van der Waals surface area (Å²) in [7, 11) is 2.20. The smallest absolute Gasteiger partial charge is 0.0154 e. The van der Waals surface area contributed by atoms with Gasteiger partial charge in [0.25, 0.3) is 0 Å². The molecular formula is C11H26N2S. The van der Waals surface area contributed by atoms with Crippen LogP contribution in [0, 0.1) is 0 Å². The second-order valence-electron chi connectivity index (χ2n) is 4.88. The summed E-state index contributed by atoms with van der Waals surface area (Å²) in [6, 6.07) is 0.672. The van der Waals surface area contributed by atoms with Crippen molar-refractivity contribution in [2.24, 2.45) is 5.73 Å². The molecule has 0 saturated heterocycles. The normalized spacial score (nSPS) is 14.8. The van der Waals surface area contributed by atoms with E-state index in [4.69, 9.17) is 5.73 Å². The number of hydrogen-bond acceptors (Lipinski definition) is 3. The molecule has 2 nitrogen and oxygen atoms in total. The number of nitrogens with zero attached hydrogens (tertiary/aromatic N) is 1. The largest absolute Gasteiger partial charge is 0.326 e. The summed E-state index contributed by atoms with van der Waals surface area (Å²) < 4.78 is 0. The summed E-state index contributed by atoms with van der Waals surface area (Å²) in [4.78, 5) is 2.42. The van der Waals surface area contributed by atoms with E-state index >= 15 is 0 Å². The molecule has 0 aromatic rings. The van der Waals surface area contributed by atoms with Crippen LogP contribution in [0.3, 0.4) is 0 Å². The number of hydrogen-bond donors (Lipinski definition) is 1. The Morgan fingerprint density at radius 2 is 2.00 bits per heavy atom. The van der Waals surface area contributed by atoms with Crippen LogP contribution < -0.4 is 5.73 Å². The molecule has 0 bridgehead atoms. The highest BCUT2D eigenvalue weighted by Crippen LogP contribution is 2.09. The molecule has 0 heterocycles. The molecule has 0 aliphatic carbocycles. The maximum absolute atomic E-state index is 5.93. The van der Waals surface area contributed by atoms with Crippen LogP contribution in [0.2, 0.25) is 0 Å². The lowest BCUT2D eigenvalue weighted by Gasteiger charge is -2.26. The molecular weight excluding hydrogens is 192 g/mol. The highest BCUT2D eigenvalue weighted by atomic mass is 32.2. The van der Waals surface area contributed by atoms with Crippen molar-refractivity contribution in [3.8, 4) is 0 Å². The first-order chi connectivity index (χ1) is 6.37. The minimum Gasteiger partial charge on any atom is -0.326 e. The van der Waals surface area contributed by atoms with Crippen LogP contribution in [-0.2, 0) is 0 Å². The Kier molecular flexibility index (Phi) is 6.83. The second kappa shape index (κ2) is 6.70. The Morgan fingerprint density at radius 1 is 1.43 bits per heavy atom. The predicted octanol–water partition coefficient (Wildman–Crippen LogP) is 2.19. The minimum atomic E-state index is -0.0103. The van der Waals surface area contributed by atoms with E-state index in [1.165, 1.54) is 12.2 Å². The number of rotatable bonds is 7. The van der Waals surface area contributed by atoms with E-state index in [1.807, 2.05) is 11.8 Å². The third kappa shape index (κ3) is 7.65. The van der Waals surface area contributed by atoms with E-state index in [1.54, 1.807) is 0 Å². The summed E-state index contributed by atoms with van der Waals surface area (Å²) in [5.41, 5.74) is 5.92. The third-order valence-electron chi connectivity index (χ3n) is 2.49. The molecule has 0 aromatic heterocycles. The van der Waals surface area contributed by atoms with Gasteiger partial charge in [0, 0.05) is 17.3 Å². The van der Waals surface area contributed by atoms with Crippen molar-refractivity contribution in [3.63, 3.8) is 0 Å². The molecule has 0 spiro atoms. The van der Waals surface area contributed by atoms with Gasteiger partial charge in [-0.05, 0) is 53.5 Å². The van der Waals surface area contributed by atoms with Crippen molar-refractivity contribution < 1.29 is 0 Å². The Morgan fingerprint density at radius 3 is 2.43 bits per heavy atom. The first-order valence-corrected chi connectivity index (χ1v) is 6.74. The van der Waals surface area contributed by atoms with Crippen molar-refractivity contribution in [2.75, 3.05) is 25.6 Å². The molecule has 0 fully saturated rings. The van der Waals surface area contributed by atoms with Crippen LogP contribution in [0.25, 0.3) is 0 Å². The first kappa shape index (κ1) is 14.3. The molecule has 14 heavy (non-hydrogen) atoms. The lowest BCUT2D eigenvalue weighted by atomic mass is 10.00. The molecule has 0 radical (unpaired) electrons. The van der Waals surface area contributed by atoms with Gasteiger partial charge in [0.05, 0.1) is 0 Å².